The van der Waals surface area contributed by atoms with Crippen LogP contribution in [-0.4, -0.2) is 29.6 Å². The minimum atomic E-state index is 0.203. The lowest BCUT2D eigenvalue weighted by atomic mass is 9.89. The van der Waals surface area contributed by atoms with Crippen LogP contribution >= 0.6 is 0 Å². The first-order chi connectivity index (χ1) is 9.43. The van der Waals surface area contributed by atoms with Crippen molar-refractivity contribution >= 4 is 0 Å². The van der Waals surface area contributed by atoms with Crippen LogP contribution in [0.25, 0.3) is 0 Å². The molecule has 1 fully saturated rings. The van der Waals surface area contributed by atoms with Crippen LogP contribution in [0.15, 0.2) is 30.3 Å². The number of piperazine rings is 1. The van der Waals surface area contributed by atoms with Crippen LogP contribution < -0.4 is 5.32 Å². The normalized spacial score (nSPS) is 26.4. The van der Waals surface area contributed by atoms with Gasteiger partial charge in [0.15, 0.2) is 0 Å². The Morgan fingerprint density at radius 3 is 2.45 bits per heavy atom. The summed E-state index contributed by atoms with van der Waals surface area (Å²) >= 11 is 0. The molecule has 1 aliphatic heterocycles. The molecule has 1 saturated heterocycles. The van der Waals surface area contributed by atoms with Gasteiger partial charge in [-0.2, -0.15) is 0 Å². The zero-order chi connectivity index (χ0) is 14.8. The van der Waals surface area contributed by atoms with Crippen LogP contribution in [0.4, 0.5) is 0 Å². The van der Waals surface area contributed by atoms with Crippen LogP contribution in [-0.2, 0) is 0 Å². The maximum atomic E-state index is 3.78. The van der Waals surface area contributed by atoms with E-state index in [9.17, 15) is 0 Å². The smallest absolute Gasteiger partial charge is 0.0478 e. The second-order valence-electron chi connectivity index (χ2n) is 7.15. The van der Waals surface area contributed by atoms with E-state index in [0.29, 0.717) is 12.1 Å². The van der Waals surface area contributed by atoms with Gasteiger partial charge in [0.05, 0.1) is 0 Å². The highest BCUT2D eigenvalue weighted by atomic mass is 15.3. The lowest BCUT2D eigenvalue weighted by molar-refractivity contribution is 0.0291. The predicted molar refractivity (Wildman–Crippen MR) is 86.9 cm³/mol. The maximum absolute atomic E-state index is 3.78. The van der Waals surface area contributed by atoms with Gasteiger partial charge in [-0.15, -0.1) is 0 Å². The van der Waals surface area contributed by atoms with E-state index in [4.69, 9.17) is 0 Å². The Balaban J connectivity index is 2.21. The van der Waals surface area contributed by atoms with Crippen molar-refractivity contribution in [1.29, 1.82) is 0 Å². The Morgan fingerprint density at radius 1 is 1.25 bits per heavy atom. The molecule has 0 saturated carbocycles. The molecule has 2 nitrogen and oxygen atoms in total. The fraction of sp³-hybridized carbons (Fsp3) is 0.667. The van der Waals surface area contributed by atoms with E-state index in [1.165, 1.54) is 12.0 Å². The molecular formula is C18H30N2. The van der Waals surface area contributed by atoms with Gasteiger partial charge in [0, 0.05) is 30.7 Å². The molecule has 1 aromatic rings. The van der Waals surface area contributed by atoms with Gasteiger partial charge in [0.25, 0.3) is 0 Å². The molecule has 1 N–H and O–H groups in total. The van der Waals surface area contributed by atoms with Crippen molar-refractivity contribution < 1.29 is 0 Å². The van der Waals surface area contributed by atoms with E-state index < -0.39 is 0 Å². The van der Waals surface area contributed by atoms with Crippen molar-refractivity contribution in [2.24, 2.45) is 5.92 Å². The highest BCUT2D eigenvalue weighted by Crippen LogP contribution is 2.32. The fourth-order valence-electron chi connectivity index (χ4n) is 3.16. The van der Waals surface area contributed by atoms with Crippen molar-refractivity contribution in [3.8, 4) is 0 Å². The molecule has 0 aromatic heterocycles. The summed E-state index contributed by atoms with van der Waals surface area (Å²) in [6.07, 6.45) is 1.24. The predicted octanol–water partition coefficient (Wildman–Crippen LogP) is 3.85. The summed E-state index contributed by atoms with van der Waals surface area (Å²) in [5, 5.41) is 3.78. The average molecular weight is 274 g/mol. The molecule has 1 heterocycles. The molecular weight excluding hydrogens is 244 g/mol. The summed E-state index contributed by atoms with van der Waals surface area (Å²) in [5.74, 6) is 0.733. The molecule has 0 bridgehead atoms. The van der Waals surface area contributed by atoms with Crippen LogP contribution in [0.3, 0.4) is 0 Å². The molecule has 1 aromatic carbocycles. The molecule has 2 rings (SSSR count). The van der Waals surface area contributed by atoms with Gasteiger partial charge in [-0.25, -0.2) is 0 Å². The Morgan fingerprint density at radius 2 is 1.90 bits per heavy atom. The zero-order valence-electron chi connectivity index (χ0n) is 13.7. The van der Waals surface area contributed by atoms with E-state index in [1.807, 2.05) is 0 Å². The van der Waals surface area contributed by atoms with E-state index >= 15 is 0 Å². The zero-order valence-corrected chi connectivity index (χ0v) is 13.7. The molecule has 20 heavy (non-hydrogen) atoms. The van der Waals surface area contributed by atoms with Gasteiger partial charge in [0.2, 0.25) is 0 Å². The van der Waals surface area contributed by atoms with Crippen molar-refractivity contribution in [3.05, 3.63) is 35.9 Å². The third-order valence-corrected chi connectivity index (χ3v) is 4.72. The van der Waals surface area contributed by atoms with Gasteiger partial charge in [-0.3, -0.25) is 4.90 Å². The van der Waals surface area contributed by atoms with Crippen LogP contribution in [0.2, 0.25) is 0 Å². The van der Waals surface area contributed by atoms with E-state index in [0.717, 1.165) is 19.0 Å². The van der Waals surface area contributed by atoms with Crippen molar-refractivity contribution in [1.82, 2.24) is 10.2 Å². The molecule has 2 heteroatoms. The third-order valence-electron chi connectivity index (χ3n) is 4.72. The molecule has 0 aliphatic carbocycles. The number of benzene rings is 1. The topological polar surface area (TPSA) is 15.3 Å². The van der Waals surface area contributed by atoms with Crippen molar-refractivity contribution in [3.63, 3.8) is 0 Å². The molecule has 1 aliphatic rings. The van der Waals surface area contributed by atoms with Crippen LogP contribution in [0.1, 0.15) is 52.6 Å². The molecule has 112 valence electrons. The first-order valence-electron chi connectivity index (χ1n) is 7.98. The Bertz CT molecular complexity index is 407. The lowest BCUT2D eigenvalue weighted by Gasteiger charge is -2.49. The van der Waals surface area contributed by atoms with E-state index in [2.05, 4.69) is 75.2 Å². The monoisotopic (exact) mass is 274 g/mol. The minimum Gasteiger partial charge on any atom is -0.311 e. The van der Waals surface area contributed by atoms with E-state index in [1.54, 1.807) is 0 Å². The highest BCUT2D eigenvalue weighted by molar-refractivity contribution is 5.21. The third kappa shape index (κ3) is 3.42. The minimum absolute atomic E-state index is 0.203. The summed E-state index contributed by atoms with van der Waals surface area (Å²) in [5.41, 5.74) is 1.63. The number of hydrogen-bond acceptors (Lipinski definition) is 2. The number of rotatable bonds is 3. The Labute approximate surface area is 124 Å². The standard InChI is InChI=1S/C18H30N2/c1-6-14(2)16-13-20(18(3,4)5)17(12-19-16)15-10-8-7-9-11-15/h7-11,14,16-17,19H,6,12-13H2,1-5H3. The quantitative estimate of drug-likeness (QED) is 0.900. The van der Waals surface area contributed by atoms with Gasteiger partial charge in [-0.1, -0.05) is 50.6 Å². The van der Waals surface area contributed by atoms with Crippen LogP contribution in [0, 0.1) is 5.92 Å². The molecule has 3 atom stereocenters. The molecule has 0 spiro atoms. The number of nitrogens with one attached hydrogen (secondary N) is 1. The summed E-state index contributed by atoms with van der Waals surface area (Å²) in [6, 6.07) is 12.0. The number of hydrogen-bond donors (Lipinski definition) is 1. The van der Waals surface area contributed by atoms with E-state index in [-0.39, 0.29) is 5.54 Å². The largest absolute Gasteiger partial charge is 0.311 e. The summed E-state index contributed by atoms with van der Waals surface area (Å²) in [7, 11) is 0. The maximum Gasteiger partial charge on any atom is 0.0478 e. The summed E-state index contributed by atoms with van der Waals surface area (Å²) in [6.45, 7) is 13.8. The van der Waals surface area contributed by atoms with Gasteiger partial charge >= 0.3 is 0 Å². The first-order valence-corrected chi connectivity index (χ1v) is 7.98. The van der Waals surface area contributed by atoms with Crippen molar-refractivity contribution in [2.75, 3.05) is 13.1 Å². The van der Waals surface area contributed by atoms with Crippen molar-refractivity contribution in [2.45, 2.75) is 58.7 Å². The Hall–Kier alpha value is -0.860. The fourth-order valence-corrected chi connectivity index (χ4v) is 3.16. The average Bonchev–Trinajstić information content (AvgIpc) is 2.46. The molecule has 3 unspecified atom stereocenters. The summed E-state index contributed by atoms with van der Waals surface area (Å²) < 4.78 is 0. The lowest BCUT2D eigenvalue weighted by Crippen LogP contribution is -2.59. The SMILES string of the molecule is CCC(C)C1CN(C(C)(C)C)C(c2ccccc2)CN1. The highest BCUT2D eigenvalue weighted by Gasteiger charge is 2.36. The second kappa shape index (κ2) is 6.28. The Kier molecular flexibility index (Phi) is 4.87. The van der Waals surface area contributed by atoms with Gasteiger partial charge in [-0.05, 0) is 32.3 Å². The second-order valence-corrected chi connectivity index (χ2v) is 7.15. The molecule has 0 amide bonds. The van der Waals surface area contributed by atoms with Crippen LogP contribution in [0.5, 0.6) is 0 Å². The van der Waals surface area contributed by atoms with Gasteiger partial charge < -0.3 is 5.32 Å². The first kappa shape index (κ1) is 15.5. The molecule has 0 radical (unpaired) electrons. The van der Waals surface area contributed by atoms with Gasteiger partial charge in [0.1, 0.15) is 0 Å². The number of nitrogens with zero attached hydrogens (tertiary/aromatic N) is 1. The summed E-state index contributed by atoms with van der Waals surface area (Å²) in [4.78, 5) is 2.68.